The highest BCUT2D eigenvalue weighted by atomic mass is 15.5. The molecule has 0 bridgehead atoms. The molecule has 9 nitrogen and oxygen atoms in total. The number of benzene rings is 1. The van der Waals surface area contributed by atoms with Gasteiger partial charge in [0.1, 0.15) is 11.3 Å². The minimum absolute atomic E-state index is 0.230. The van der Waals surface area contributed by atoms with Crippen molar-refractivity contribution < 1.29 is 0 Å². The molecular formula is C19H13N9. The Morgan fingerprint density at radius 1 is 1.07 bits per heavy atom. The summed E-state index contributed by atoms with van der Waals surface area (Å²) < 4.78 is 3.58. The molecule has 5 aromatic rings. The van der Waals surface area contributed by atoms with Crippen molar-refractivity contribution >= 4 is 17.1 Å². The largest absolute Gasteiger partial charge is 0.380 e. The highest BCUT2D eigenvalue weighted by Crippen LogP contribution is 2.32. The number of nitrogens with zero attached hydrogens (tertiary/aromatic N) is 8. The normalized spacial score (nSPS) is 11.1. The van der Waals surface area contributed by atoms with Gasteiger partial charge in [-0.3, -0.25) is 0 Å². The lowest BCUT2D eigenvalue weighted by atomic mass is 10.0. The molecule has 0 aliphatic carbocycles. The average Bonchev–Trinajstić information content (AvgIpc) is 3.35. The molecule has 134 valence electrons. The maximum absolute atomic E-state index is 9.07. The summed E-state index contributed by atoms with van der Waals surface area (Å²) in [6, 6.07) is 13.1. The quantitative estimate of drug-likeness (QED) is 0.507. The fourth-order valence-electron chi connectivity index (χ4n) is 3.23. The molecule has 0 radical (unpaired) electrons. The highest BCUT2D eigenvalue weighted by molar-refractivity contribution is 5.82. The molecule has 0 saturated carbocycles. The van der Waals surface area contributed by atoms with Crippen molar-refractivity contribution in [1.29, 1.82) is 5.26 Å². The summed E-state index contributed by atoms with van der Waals surface area (Å²) >= 11 is 0. The van der Waals surface area contributed by atoms with Gasteiger partial charge in [-0.25, -0.2) is 9.97 Å². The predicted molar refractivity (Wildman–Crippen MR) is 102 cm³/mol. The average molecular weight is 367 g/mol. The zero-order chi connectivity index (χ0) is 19.3. The first kappa shape index (κ1) is 15.9. The van der Waals surface area contributed by atoms with Crippen molar-refractivity contribution in [2.45, 2.75) is 6.92 Å². The SMILES string of the molecule is Cc1cnc2ccc(-c3c(-c4ccc(C#N)cc4)nc(N)c4nnnn34)cn12. The molecule has 0 unspecified atom stereocenters. The molecule has 5 rings (SSSR count). The number of aryl methyl sites for hydroxylation is 1. The summed E-state index contributed by atoms with van der Waals surface area (Å²) in [5, 5.41) is 20.9. The molecule has 4 heterocycles. The minimum atomic E-state index is 0.230. The van der Waals surface area contributed by atoms with Gasteiger partial charge in [0, 0.05) is 29.2 Å². The molecular weight excluding hydrogens is 354 g/mol. The monoisotopic (exact) mass is 367 g/mol. The number of nitrogen functional groups attached to an aromatic ring is 1. The summed E-state index contributed by atoms with van der Waals surface area (Å²) in [5.74, 6) is 0.230. The highest BCUT2D eigenvalue weighted by Gasteiger charge is 2.19. The maximum Gasteiger partial charge on any atom is 0.222 e. The Bertz CT molecular complexity index is 1390. The predicted octanol–water partition coefficient (Wildman–Crippen LogP) is 2.26. The second-order valence-electron chi connectivity index (χ2n) is 6.34. The molecule has 0 fully saturated rings. The first-order valence-corrected chi connectivity index (χ1v) is 8.48. The third kappa shape index (κ3) is 2.29. The molecule has 2 N–H and O–H groups in total. The molecule has 1 aromatic carbocycles. The van der Waals surface area contributed by atoms with E-state index in [-0.39, 0.29) is 5.82 Å². The summed E-state index contributed by atoms with van der Waals surface area (Å²) in [6.45, 7) is 1.99. The summed E-state index contributed by atoms with van der Waals surface area (Å²) in [7, 11) is 0. The second kappa shape index (κ2) is 5.85. The minimum Gasteiger partial charge on any atom is -0.380 e. The molecule has 0 aliphatic rings. The van der Waals surface area contributed by atoms with Crippen LogP contribution >= 0.6 is 0 Å². The van der Waals surface area contributed by atoms with Gasteiger partial charge in [-0.2, -0.15) is 9.78 Å². The topological polar surface area (TPSA) is 123 Å². The summed E-state index contributed by atoms with van der Waals surface area (Å²) in [5.41, 5.74) is 11.9. The van der Waals surface area contributed by atoms with Gasteiger partial charge in [-0.05, 0) is 41.6 Å². The van der Waals surface area contributed by atoms with Crippen LogP contribution in [0.1, 0.15) is 11.3 Å². The van der Waals surface area contributed by atoms with E-state index in [2.05, 4.69) is 31.6 Å². The van der Waals surface area contributed by atoms with Crippen molar-refractivity contribution in [3.05, 3.63) is 60.0 Å². The number of fused-ring (bicyclic) bond motifs is 2. The Morgan fingerprint density at radius 3 is 2.64 bits per heavy atom. The van der Waals surface area contributed by atoms with Crippen LogP contribution in [0.3, 0.4) is 0 Å². The number of pyridine rings is 1. The van der Waals surface area contributed by atoms with E-state index in [1.54, 1.807) is 16.6 Å². The zero-order valence-electron chi connectivity index (χ0n) is 14.8. The van der Waals surface area contributed by atoms with E-state index in [1.807, 2.05) is 48.0 Å². The van der Waals surface area contributed by atoms with Crippen LogP contribution in [-0.2, 0) is 0 Å². The van der Waals surface area contributed by atoms with Gasteiger partial charge < -0.3 is 10.1 Å². The van der Waals surface area contributed by atoms with Crippen LogP contribution in [-0.4, -0.2) is 34.4 Å². The van der Waals surface area contributed by atoms with E-state index in [9.17, 15) is 0 Å². The number of nitrogens with two attached hydrogens (primary N) is 1. The molecule has 0 amide bonds. The number of tetrazole rings is 1. The van der Waals surface area contributed by atoms with Crippen LogP contribution in [0.5, 0.6) is 0 Å². The Kier molecular flexibility index (Phi) is 3.32. The lowest BCUT2D eigenvalue weighted by molar-refractivity contribution is 0.826. The van der Waals surface area contributed by atoms with Crippen LogP contribution < -0.4 is 5.73 Å². The first-order valence-electron chi connectivity index (χ1n) is 8.48. The number of hydrogen-bond donors (Lipinski definition) is 1. The van der Waals surface area contributed by atoms with Crippen LogP contribution in [0.15, 0.2) is 48.8 Å². The Hall–Kier alpha value is -4.32. The number of hydrogen-bond acceptors (Lipinski definition) is 7. The standard InChI is InChI=1S/C19H13N9/c1-11-9-22-15-7-6-14(10-27(11)15)17-16(13-4-2-12(8-20)3-5-13)23-18(21)19-24-25-26-28(17)19/h2-7,9-10H,1H3,(H2,21,23). The molecule has 4 aromatic heterocycles. The van der Waals surface area contributed by atoms with Crippen LogP contribution in [0.4, 0.5) is 5.82 Å². The fourth-order valence-corrected chi connectivity index (χ4v) is 3.23. The third-order valence-corrected chi connectivity index (χ3v) is 4.62. The maximum atomic E-state index is 9.07. The first-order chi connectivity index (χ1) is 13.7. The van der Waals surface area contributed by atoms with Gasteiger partial charge in [0.05, 0.1) is 17.3 Å². The van der Waals surface area contributed by atoms with Crippen LogP contribution in [0.25, 0.3) is 33.8 Å². The zero-order valence-corrected chi connectivity index (χ0v) is 14.8. The van der Waals surface area contributed by atoms with E-state index >= 15 is 0 Å². The van der Waals surface area contributed by atoms with E-state index in [0.29, 0.717) is 22.6 Å². The molecule has 0 aliphatic heterocycles. The van der Waals surface area contributed by atoms with Crippen LogP contribution in [0, 0.1) is 18.3 Å². The lowest BCUT2D eigenvalue weighted by Crippen LogP contribution is -2.05. The van der Waals surface area contributed by atoms with Gasteiger partial charge >= 0.3 is 0 Å². The molecule has 9 heteroatoms. The molecule has 0 spiro atoms. The second-order valence-corrected chi connectivity index (χ2v) is 6.34. The molecule has 28 heavy (non-hydrogen) atoms. The van der Waals surface area contributed by atoms with E-state index in [4.69, 9.17) is 11.0 Å². The fraction of sp³-hybridized carbons (Fsp3) is 0.0526. The van der Waals surface area contributed by atoms with E-state index in [1.165, 1.54) is 0 Å². The van der Waals surface area contributed by atoms with Crippen molar-refractivity contribution in [1.82, 2.24) is 34.4 Å². The van der Waals surface area contributed by atoms with Gasteiger partial charge in [0.25, 0.3) is 0 Å². The number of rotatable bonds is 2. The van der Waals surface area contributed by atoms with Crippen molar-refractivity contribution in [2.75, 3.05) is 5.73 Å². The van der Waals surface area contributed by atoms with Gasteiger partial charge in [0.2, 0.25) is 5.65 Å². The van der Waals surface area contributed by atoms with E-state index in [0.717, 1.165) is 22.5 Å². The summed E-state index contributed by atoms with van der Waals surface area (Å²) in [6.07, 6.45) is 3.79. The van der Waals surface area contributed by atoms with Crippen LogP contribution in [0.2, 0.25) is 0 Å². The van der Waals surface area contributed by atoms with E-state index < -0.39 is 0 Å². The van der Waals surface area contributed by atoms with Gasteiger partial charge in [-0.15, -0.1) is 5.10 Å². The smallest absolute Gasteiger partial charge is 0.222 e. The van der Waals surface area contributed by atoms with Gasteiger partial charge in [0.15, 0.2) is 5.82 Å². The van der Waals surface area contributed by atoms with Crippen molar-refractivity contribution in [2.24, 2.45) is 0 Å². The molecule has 0 saturated heterocycles. The number of imidazole rings is 1. The Balaban J connectivity index is 1.84. The lowest BCUT2D eigenvalue weighted by Gasteiger charge is -2.12. The van der Waals surface area contributed by atoms with Crippen molar-refractivity contribution in [3.63, 3.8) is 0 Å². The van der Waals surface area contributed by atoms with Crippen molar-refractivity contribution in [3.8, 4) is 28.6 Å². The Labute approximate surface area is 158 Å². The third-order valence-electron chi connectivity index (χ3n) is 4.62. The summed E-state index contributed by atoms with van der Waals surface area (Å²) in [4.78, 5) is 8.94. The molecule has 0 atom stereocenters. The number of anilines is 1. The number of nitriles is 1. The number of aromatic nitrogens is 7. The Morgan fingerprint density at radius 2 is 1.86 bits per heavy atom. The van der Waals surface area contributed by atoms with Gasteiger partial charge in [-0.1, -0.05) is 12.1 Å².